The molecule has 0 N–H and O–H groups in total. The molecule has 0 spiro atoms. The average Bonchev–Trinajstić information content (AvgIpc) is 3.10. The Labute approximate surface area is 191 Å². The van der Waals surface area contributed by atoms with Crippen molar-refractivity contribution in [1.82, 2.24) is 4.90 Å². The molecule has 2 nitrogen and oxygen atoms in total. The predicted octanol–water partition coefficient (Wildman–Crippen LogP) is 7.61. The monoisotopic (exact) mass is 423 g/mol. The van der Waals surface area contributed by atoms with E-state index >= 15 is 0 Å². The van der Waals surface area contributed by atoms with Gasteiger partial charge in [0.05, 0.1) is 7.11 Å². The van der Waals surface area contributed by atoms with Gasteiger partial charge in [-0.05, 0) is 114 Å². The van der Waals surface area contributed by atoms with Crippen LogP contribution in [-0.2, 0) is 4.74 Å². The molecule has 0 aromatic heterocycles. The Balaban J connectivity index is 1.45. The molecule has 2 unspecified atom stereocenters. The largest absolute Gasteiger partial charge is 0.497 e. The Kier molecular flexibility index (Phi) is 9.71. The topological polar surface area (TPSA) is 12.5 Å². The van der Waals surface area contributed by atoms with Crippen molar-refractivity contribution in [3.05, 3.63) is 59.4 Å². The molecule has 2 heteroatoms. The van der Waals surface area contributed by atoms with Crippen LogP contribution in [-0.4, -0.2) is 31.6 Å². The molecule has 1 aliphatic heterocycles. The summed E-state index contributed by atoms with van der Waals surface area (Å²) in [5.74, 6) is 3.26. The molecule has 1 saturated carbocycles. The Hall–Kier alpha value is -1.54. The summed E-state index contributed by atoms with van der Waals surface area (Å²) in [6.07, 6.45) is 24.4. The first-order valence-corrected chi connectivity index (χ1v) is 12.7. The Bertz CT molecular complexity index is 700. The highest BCUT2D eigenvalue weighted by molar-refractivity contribution is 5.31. The maximum atomic E-state index is 5.72. The lowest BCUT2D eigenvalue weighted by molar-refractivity contribution is 0.290. The molecule has 0 aromatic carbocycles. The summed E-state index contributed by atoms with van der Waals surface area (Å²) in [7, 11) is 1.81. The van der Waals surface area contributed by atoms with E-state index in [0.717, 1.165) is 24.1 Å². The molecule has 3 aliphatic rings. The zero-order chi connectivity index (χ0) is 22.1. The van der Waals surface area contributed by atoms with Crippen LogP contribution < -0.4 is 0 Å². The molecular weight excluding hydrogens is 378 g/mol. The number of hydrogen-bond donors (Lipinski definition) is 0. The van der Waals surface area contributed by atoms with Crippen molar-refractivity contribution in [3.8, 4) is 0 Å². The van der Waals surface area contributed by atoms with Crippen LogP contribution in [0.5, 0.6) is 0 Å². The SMILES string of the molecule is C=C(C)CCC1CCC(=CCN2CCCC(CC3=C(OC)C=CC=CC3C)CC2)CC1. The van der Waals surface area contributed by atoms with E-state index in [9.17, 15) is 0 Å². The minimum atomic E-state index is 0.472. The Morgan fingerprint density at radius 3 is 2.68 bits per heavy atom. The van der Waals surface area contributed by atoms with Crippen LogP contribution in [0.25, 0.3) is 0 Å². The third kappa shape index (κ3) is 7.83. The highest BCUT2D eigenvalue weighted by Crippen LogP contribution is 2.33. The van der Waals surface area contributed by atoms with Crippen LogP contribution in [0, 0.1) is 17.8 Å². The maximum Gasteiger partial charge on any atom is 0.118 e. The van der Waals surface area contributed by atoms with Gasteiger partial charge < -0.3 is 4.74 Å². The first kappa shape index (κ1) is 24.1. The Morgan fingerprint density at radius 2 is 1.94 bits per heavy atom. The van der Waals surface area contributed by atoms with Crippen molar-refractivity contribution in [2.24, 2.45) is 17.8 Å². The molecule has 0 bridgehead atoms. The average molecular weight is 424 g/mol. The second-order valence-corrected chi connectivity index (χ2v) is 10.2. The third-order valence-electron chi connectivity index (χ3n) is 7.66. The quantitative estimate of drug-likeness (QED) is 0.372. The van der Waals surface area contributed by atoms with Crippen molar-refractivity contribution >= 4 is 0 Å². The molecule has 0 amide bonds. The fourth-order valence-electron chi connectivity index (χ4n) is 5.48. The van der Waals surface area contributed by atoms with Gasteiger partial charge in [0.25, 0.3) is 0 Å². The molecule has 0 radical (unpaired) electrons. The van der Waals surface area contributed by atoms with Gasteiger partial charge in [-0.25, -0.2) is 0 Å². The zero-order valence-corrected chi connectivity index (χ0v) is 20.4. The molecule has 2 fully saturated rings. The molecule has 2 atom stereocenters. The molecule has 1 saturated heterocycles. The van der Waals surface area contributed by atoms with Gasteiger partial charge in [0, 0.05) is 6.54 Å². The van der Waals surface area contributed by atoms with Crippen molar-refractivity contribution in [3.63, 3.8) is 0 Å². The lowest BCUT2D eigenvalue weighted by Crippen LogP contribution is -2.25. The van der Waals surface area contributed by atoms with Gasteiger partial charge >= 0.3 is 0 Å². The number of rotatable bonds is 8. The molecule has 2 aliphatic carbocycles. The predicted molar refractivity (Wildman–Crippen MR) is 134 cm³/mol. The van der Waals surface area contributed by atoms with Gasteiger partial charge in [-0.3, -0.25) is 4.90 Å². The third-order valence-corrected chi connectivity index (χ3v) is 7.66. The molecule has 0 aromatic rings. The van der Waals surface area contributed by atoms with E-state index in [2.05, 4.69) is 55.7 Å². The van der Waals surface area contributed by atoms with Gasteiger partial charge in [0.1, 0.15) is 5.76 Å². The molecule has 172 valence electrons. The van der Waals surface area contributed by atoms with Crippen LogP contribution in [0.4, 0.5) is 0 Å². The van der Waals surface area contributed by atoms with E-state index in [4.69, 9.17) is 4.74 Å². The molecular formula is C29H45NO. The van der Waals surface area contributed by atoms with Crippen LogP contribution in [0.2, 0.25) is 0 Å². The lowest BCUT2D eigenvalue weighted by atomic mass is 9.82. The number of methoxy groups -OCH3 is 1. The van der Waals surface area contributed by atoms with Crippen molar-refractivity contribution in [2.45, 2.75) is 78.1 Å². The second kappa shape index (κ2) is 12.5. The van der Waals surface area contributed by atoms with E-state index < -0.39 is 0 Å². The van der Waals surface area contributed by atoms with Gasteiger partial charge in [0.2, 0.25) is 0 Å². The van der Waals surface area contributed by atoms with Crippen LogP contribution in [0.15, 0.2) is 59.4 Å². The molecule has 1 heterocycles. The minimum Gasteiger partial charge on any atom is -0.497 e. The fraction of sp³-hybridized carbons (Fsp3) is 0.655. The molecule has 3 rings (SSSR count). The normalized spacial score (nSPS) is 27.7. The first-order valence-electron chi connectivity index (χ1n) is 12.7. The summed E-state index contributed by atoms with van der Waals surface area (Å²) >= 11 is 0. The summed E-state index contributed by atoms with van der Waals surface area (Å²) in [5, 5.41) is 0. The number of ether oxygens (including phenoxy) is 1. The summed E-state index contributed by atoms with van der Waals surface area (Å²) in [4.78, 5) is 2.70. The minimum absolute atomic E-state index is 0.472. The molecule has 31 heavy (non-hydrogen) atoms. The highest BCUT2D eigenvalue weighted by Gasteiger charge is 2.22. The van der Waals surface area contributed by atoms with Crippen LogP contribution in [0.3, 0.4) is 0 Å². The maximum absolute atomic E-state index is 5.72. The van der Waals surface area contributed by atoms with E-state index in [1.807, 2.05) is 7.11 Å². The summed E-state index contributed by atoms with van der Waals surface area (Å²) in [6, 6.07) is 0. The number of hydrogen-bond acceptors (Lipinski definition) is 2. The fourth-order valence-corrected chi connectivity index (χ4v) is 5.48. The standard InChI is InChI=1S/C29H45NO/c1-23(2)11-12-25-13-15-26(16-14-25)17-20-30-19-7-9-27(18-21-30)22-28-24(3)8-5-6-10-29(28)31-4/h5-6,8,10,17,24-25,27H,1,7,9,11-16,18-22H2,2-4H3. The van der Waals surface area contributed by atoms with E-state index in [0.29, 0.717) is 5.92 Å². The number of nitrogens with zero attached hydrogens (tertiary/aromatic N) is 1. The highest BCUT2D eigenvalue weighted by atomic mass is 16.5. The van der Waals surface area contributed by atoms with Crippen molar-refractivity contribution in [1.29, 1.82) is 0 Å². The number of allylic oxidation sites excluding steroid dienone is 7. The van der Waals surface area contributed by atoms with Crippen molar-refractivity contribution in [2.75, 3.05) is 26.7 Å². The summed E-state index contributed by atoms with van der Waals surface area (Å²) in [5.41, 5.74) is 4.54. The van der Waals surface area contributed by atoms with Crippen LogP contribution >= 0.6 is 0 Å². The van der Waals surface area contributed by atoms with Gasteiger partial charge in [0.15, 0.2) is 0 Å². The second-order valence-electron chi connectivity index (χ2n) is 10.2. The Morgan fingerprint density at radius 1 is 1.13 bits per heavy atom. The van der Waals surface area contributed by atoms with Gasteiger partial charge in [-0.1, -0.05) is 42.4 Å². The van der Waals surface area contributed by atoms with E-state index in [-0.39, 0.29) is 0 Å². The lowest BCUT2D eigenvalue weighted by Gasteiger charge is -2.25. The smallest absolute Gasteiger partial charge is 0.118 e. The zero-order valence-electron chi connectivity index (χ0n) is 20.4. The summed E-state index contributed by atoms with van der Waals surface area (Å²) in [6.45, 7) is 12.2. The summed E-state index contributed by atoms with van der Waals surface area (Å²) < 4.78 is 5.72. The van der Waals surface area contributed by atoms with Crippen molar-refractivity contribution < 1.29 is 4.74 Å². The van der Waals surface area contributed by atoms with Gasteiger partial charge in [-0.2, -0.15) is 0 Å². The number of likely N-dealkylation sites (tertiary alicyclic amines) is 1. The first-order chi connectivity index (χ1) is 15.0. The van der Waals surface area contributed by atoms with Crippen LogP contribution in [0.1, 0.15) is 78.1 Å². The van der Waals surface area contributed by atoms with Gasteiger partial charge in [-0.15, -0.1) is 6.58 Å². The van der Waals surface area contributed by atoms with E-state index in [1.165, 1.54) is 88.4 Å². The van der Waals surface area contributed by atoms with E-state index in [1.54, 1.807) is 5.57 Å².